The van der Waals surface area contributed by atoms with Gasteiger partial charge >= 0.3 is 6.03 Å². The Hall–Kier alpha value is -2.47. The molecule has 2 amide bonds. The van der Waals surface area contributed by atoms with E-state index in [0.717, 1.165) is 0 Å². The fourth-order valence-electron chi connectivity index (χ4n) is 1.73. The maximum atomic E-state index is 11.7. The van der Waals surface area contributed by atoms with Crippen LogP contribution in [0.15, 0.2) is 47.4 Å². The molecule has 22 heavy (non-hydrogen) atoms. The van der Waals surface area contributed by atoms with Crippen molar-refractivity contribution in [1.82, 2.24) is 9.88 Å². The molecule has 6 nitrogen and oxygen atoms in total. The van der Waals surface area contributed by atoms with Crippen molar-refractivity contribution in [3.05, 3.63) is 58.0 Å². The lowest BCUT2D eigenvalue weighted by Gasteiger charge is -2.09. The number of nitrogens with zero attached hydrogens (tertiary/aromatic N) is 1. The fraction of sp³-hybridized carbons (Fsp3) is 0.200. The fourth-order valence-corrected chi connectivity index (χ4v) is 1.91. The van der Waals surface area contributed by atoms with Gasteiger partial charge in [0.2, 0.25) is 5.56 Å². The molecule has 0 aliphatic rings. The van der Waals surface area contributed by atoms with E-state index in [-0.39, 0.29) is 11.6 Å². The minimum Gasteiger partial charge on any atom is -0.492 e. The number of aryl methyl sites for hydroxylation is 1. The zero-order valence-corrected chi connectivity index (χ0v) is 12.8. The van der Waals surface area contributed by atoms with Crippen LogP contribution in [-0.4, -0.2) is 23.7 Å². The lowest BCUT2D eigenvalue weighted by atomic mass is 10.3. The number of pyridine rings is 1. The van der Waals surface area contributed by atoms with Gasteiger partial charge in [0.25, 0.3) is 0 Å². The van der Waals surface area contributed by atoms with E-state index < -0.39 is 0 Å². The van der Waals surface area contributed by atoms with Gasteiger partial charge in [-0.15, -0.1) is 0 Å². The molecule has 0 bridgehead atoms. The number of nitrogens with one attached hydrogen (secondary N) is 2. The summed E-state index contributed by atoms with van der Waals surface area (Å²) in [6.07, 6.45) is 1.55. The average Bonchev–Trinajstić information content (AvgIpc) is 2.48. The number of rotatable bonds is 5. The molecule has 0 spiro atoms. The molecule has 7 heteroatoms. The maximum absolute atomic E-state index is 11.7. The van der Waals surface area contributed by atoms with Crippen LogP contribution in [0.1, 0.15) is 0 Å². The second-order valence-corrected chi connectivity index (χ2v) is 4.99. The van der Waals surface area contributed by atoms with Crippen LogP contribution >= 0.6 is 11.6 Å². The molecule has 0 radical (unpaired) electrons. The first-order chi connectivity index (χ1) is 10.5. The Labute approximate surface area is 132 Å². The highest BCUT2D eigenvalue weighted by atomic mass is 35.5. The maximum Gasteiger partial charge on any atom is 0.319 e. The van der Waals surface area contributed by atoms with Crippen molar-refractivity contribution in [3.8, 4) is 5.75 Å². The summed E-state index contributed by atoms with van der Waals surface area (Å²) in [4.78, 5) is 22.9. The molecule has 116 valence electrons. The van der Waals surface area contributed by atoms with E-state index in [1.54, 1.807) is 43.6 Å². The van der Waals surface area contributed by atoms with Gasteiger partial charge in [-0.2, -0.15) is 0 Å². The first-order valence-corrected chi connectivity index (χ1v) is 7.02. The number of carbonyl (C=O) groups excluding carboxylic acids is 1. The van der Waals surface area contributed by atoms with Gasteiger partial charge in [-0.1, -0.05) is 17.7 Å². The number of aromatic nitrogens is 1. The predicted molar refractivity (Wildman–Crippen MR) is 85.7 cm³/mol. The quantitative estimate of drug-likeness (QED) is 0.830. The van der Waals surface area contributed by atoms with Crippen LogP contribution in [0, 0.1) is 0 Å². The summed E-state index contributed by atoms with van der Waals surface area (Å²) in [7, 11) is 1.62. The number of amides is 2. The second kappa shape index (κ2) is 7.51. The third-order valence-electron chi connectivity index (χ3n) is 2.80. The molecule has 2 N–H and O–H groups in total. The Bertz CT molecular complexity index is 715. The van der Waals surface area contributed by atoms with E-state index in [2.05, 4.69) is 10.6 Å². The molecule has 0 saturated carbocycles. The van der Waals surface area contributed by atoms with Crippen LogP contribution in [-0.2, 0) is 7.05 Å². The van der Waals surface area contributed by atoms with Crippen molar-refractivity contribution in [2.24, 2.45) is 7.05 Å². The largest absolute Gasteiger partial charge is 0.492 e. The van der Waals surface area contributed by atoms with Crippen LogP contribution in [0.25, 0.3) is 0 Å². The topological polar surface area (TPSA) is 72.4 Å². The Balaban J connectivity index is 1.73. The molecular formula is C15H16ClN3O3. The number of halogens is 1. The van der Waals surface area contributed by atoms with Crippen molar-refractivity contribution in [2.45, 2.75) is 0 Å². The highest BCUT2D eigenvalue weighted by Crippen LogP contribution is 2.16. The summed E-state index contributed by atoms with van der Waals surface area (Å²) in [6.45, 7) is 0.658. The van der Waals surface area contributed by atoms with Crippen molar-refractivity contribution in [2.75, 3.05) is 18.5 Å². The third kappa shape index (κ3) is 4.82. The van der Waals surface area contributed by atoms with Crippen molar-refractivity contribution in [3.63, 3.8) is 0 Å². The summed E-state index contributed by atoms with van der Waals surface area (Å²) >= 11 is 5.84. The molecule has 1 aromatic heterocycles. The van der Waals surface area contributed by atoms with E-state index in [9.17, 15) is 9.59 Å². The summed E-state index contributed by atoms with van der Waals surface area (Å²) < 4.78 is 6.84. The molecule has 1 heterocycles. The van der Waals surface area contributed by atoms with Crippen molar-refractivity contribution in [1.29, 1.82) is 0 Å². The number of urea groups is 1. The van der Waals surface area contributed by atoms with Crippen LogP contribution < -0.4 is 20.9 Å². The summed E-state index contributed by atoms with van der Waals surface area (Å²) in [5.74, 6) is 0.646. The minimum atomic E-state index is -0.367. The van der Waals surface area contributed by atoms with Crippen LogP contribution in [0.2, 0.25) is 5.02 Å². The lowest BCUT2D eigenvalue weighted by Crippen LogP contribution is -2.32. The summed E-state index contributed by atoms with van der Waals surface area (Å²) in [5, 5.41) is 5.88. The van der Waals surface area contributed by atoms with E-state index in [0.29, 0.717) is 29.6 Å². The van der Waals surface area contributed by atoms with Crippen LogP contribution in [0.5, 0.6) is 5.75 Å². The van der Waals surface area contributed by atoms with E-state index in [1.807, 2.05) is 0 Å². The van der Waals surface area contributed by atoms with Gasteiger partial charge in [0.15, 0.2) is 0 Å². The molecule has 0 aliphatic heterocycles. The number of hydrogen-bond donors (Lipinski definition) is 2. The van der Waals surface area contributed by atoms with Gasteiger partial charge in [-0.3, -0.25) is 4.79 Å². The Morgan fingerprint density at radius 3 is 2.86 bits per heavy atom. The number of ether oxygens (including phenoxy) is 1. The van der Waals surface area contributed by atoms with Crippen LogP contribution in [0.4, 0.5) is 10.5 Å². The molecule has 0 aliphatic carbocycles. The predicted octanol–water partition coefficient (Wildman–Crippen LogP) is 2.24. The summed E-state index contributed by atoms with van der Waals surface area (Å²) in [5.41, 5.74) is 0.399. The standard InChI is InChI=1S/C15H16ClN3O3/c1-19-10-12(5-6-14(19)20)18-15(21)17-7-8-22-13-4-2-3-11(16)9-13/h2-6,9-10H,7-8H2,1H3,(H2,17,18,21). The number of benzene rings is 1. The highest BCUT2D eigenvalue weighted by molar-refractivity contribution is 6.30. The molecule has 1 aromatic carbocycles. The lowest BCUT2D eigenvalue weighted by molar-refractivity contribution is 0.247. The van der Waals surface area contributed by atoms with Gasteiger partial charge in [0.05, 0.1) is 12.2 Å². The Morgan fingerprint density at radius 1 is 1.32 bits per heavy atom. The minimum absolute atomic E-state index is 0.138. The summed E-state index contributed by atoms with van der Waals surface area (Å²) in [6, 6.07) is 9.60. The van der Waals surface area contributed by atoms with Crippen molar-refractivity contribution < 1.29 is 9.53 Å². The van der Waals surface area contributed by atoms with Crippen LogP contribution in [0.3, 0.4) is 0 Å². The second-order valence-electron chi connectivity index (χ2n) is 4.55. The molecule has 2 aromatic rings. The molecule has 0 saturated heterocycles. The van der Waals surface area contributed by atoms with E-state index in [1.165, 1.54) is 10.6 Å². The zero-order valence-electron chi connectivity index (χ0n) is 12.0. The smallest absolute Gasteiger partial charge is 0.319 e. The number of anilines is 1. The SMILES string of the molecule is Cn1cc(NC(=O)NCCOc2cccc(Cl)c2)ccc1=O. The Kier molecular flexibility index (Phi) is 5.43. The molecule has 0 unspecified atom stereocenters. The first-order valence-electron chi connectivity index (χ1n) is 6.64. The zero-order chi connectivity index (χ0) is 15.9. The van der Waals surface area contributed by atoms with E-state index >= 15 is 0 Å². The van der Waals surface area contributed by atoms with Gasteiger partial charge < -0.3 is 19.9 Å². The average molecular weight is 322 g/mol. The number of carbonyl (C=O) groups is 1. The van der Waals surface area contributed by atoms with Gasteiger partial charge in [0, 0.05) is 24.3 Å². The Morgan fingerprint density at radius 2 is 2.14 bits per heavy atom. The van der Waals surface area contributed by atoms with Crippen molar-refractivity contribution >= 4 is 23.3 Å². The molecule has 2 rings (SSSR count). The highest BCUT2D eigenvalue weighted by Gasteiger charge is 2.02. The molecular weight excluding hydrogens is 306 g/mol. The molecule has 0 fully saturated rings. The molecule has 0 atom stereocenters. The normalized spacial score (nSPS) is 10.1. The van der Waals surface area contributed by atoms with Gasteiger partial charge in [-0.25, -0.2) is 4.79 Å². The van der Waals surface area contributed by atoms with E-state index in [4.69, 9.17) is 16.3 Å². The van der Waals surface area contributed by atoms with Gasteiger partial charge in [0.1, 0.15) is 12.4 Å². The third-order valence-corrected chi connectivity index (χ3v) is 3.03. The van der Waals surface area contributed by atoms with Gasteiger partial charge in [-0.05, 0) is 24.3 Å². The number of hydrogen-bond acceptors (Lipinski definition) is 3. The monoisotopic (exact) mass is 321 g/mol. The first kappa shape index (κ1) is 15.9.